The zero-order valence-corrected chi connectivity index (χ0v) is 28.3. The smallest absolute Gasteiger partial charge is 0.335 e. The number of aromatic carboxylic acids is 1. The van der Waals surface area contributed by atoms with Crippen LogP contribution in [0.1, 0.15) is 114 Å². The highest BCUT2D eigenvalue weighted by atomic mass is 16.4. The van der Waals surface area contributed by atoms with Crippen LogP contribution in [0.4, 0.5) is 4.79 Å². The Morgan fingerprint density at radius 2 is 1.63 bits per heavy atom. The highest BCUT2D eigenvalue weighted by molar-refractivity contribution is 5.88. The fourth-order valence-electron chi connectivity index (χ4n) is 12.2. The zero-order chi connectivity index (χ0) is 33.1. The van der Waals surface area contributed by atoms with Crippen molar-refractivity contribution in [2.75, 3.05) is 19.6 Å². The van der Waals surface area contributed by atoms with Gasteiger partial charge in [0.15, 0.2) is 0 Å². The number of hydrogen-bond donors (Lipinski definition) is 4. The molecule has 2 amide bonds. The minimum Gasteiger partial charge on any atom is -0.481 e. The second kappa shape index (κ2) is 12.0. The van der Waals surface area contributed by atoms with Crippen LogP contribution in [-0.2, 0) is 4.79 Å². The summed E-state index contributed by atoms with van der Waals surface area (Å²) in [7, 11) is 0. The Balaban J connectivity index is 1.24. The molecule has 0 aliphatic heterocycles. The topological polar surface area (TPSA) is 133 Å². The minimum absolute atomic E-state index is 0.0731. The van der Waals surface area contributed by atoms with Gasteiger partial charge in [-0.15, -0.1) is 0 Å². The zero-order valence-electron chi connectivity index (χ0n) is 28.3. The molecule has 252 valence electrons. The van der Waals surface area contributed by atoms with E-state index >= 15 is 0 Å². The molecule has 0 radical (unpaired) electrons. The number of allylic oxidation sites excluding steroid dienone is 2. The Morgan fingerprint density at radius 1 is 0.891 bits per heavy atom. The van der Waals surface area contributed by atoms with Crippen molar-refractivity contribution in [3.05, 3.63) is 41.5 Å². The number of carboxylic acids is 2. The molecule has 0 heterocycles. The minimum atomic E-state index is -0.901. The number of aliphatic carboxylic acids is 1. The van der Waals surface area contributed by atoms with Crippen LogP contribution in [0.15, 0.2) is 30.3 Å². The van der Waals surface area contributed by atoms with Gasteiger partial charge in [-0.2, -0.15) is 0 Å². The quantitative estimate of drug-likeness (QED) is 0.243. The Hall–Kier alpha value is -2.87. The molecule has 4 fully saturated rings. The van der Waals surface area contributed by atoms with E-state index in [1.54, 1.807) is 17.0 Å². The average molecular weight is 634 g/mol. The maximum Gasteiger partial charge on any atom is 0.335 e. The SMILES string of the molecule is CC1C(c2ccc(C(=O)O)cc2)=CCC2(C)C1CCC1(C)C2CCC2C3CCCC3(NC(=O)N(CCN)CCC(=O)O)CC[C@]21C. The lowest BCUT2D eigenvalue weighted by Crippen LogP contribution is -2.68. The third-order valence-electron chi connectivity index (χ3n) is 14.7. The molecule has 0 spiro atoms. The van der Waals surface area contributed by atoms with Crippen molar-refractivity contribution in [3.8, 4) is 0 Å². The Kier molecular flexibility index (Phi) is 8.61. The number of nitrogens with one attached hydrogen (secondary N) is 1. The number of hydrogen-bond acceptors (Lipinski definition) is 4. The molecule has 0 saturated heterocycles. The number of urea groups is 1. The highest BCUT2D eigenvalue weighted by Crippen LogP contribution is 2.75. The van der Waals surface area contributed by atoms with Crippen molar-refractivity contribution in [2.45, 2.75) is 104 Å². The van der Waals surface area contributed by atoms with Gasteiger partial charge in [-0.1, -0.05) is 52.3 Å². The Labute approximate surface area is 274 Å². The van der Waals surface area contributed by atoms with Crippen molar-refractivity contribution in [2.24, 2.45) is 51.6 Å². The van der Waals surface area contributed by atoms with E-state index < -0.39 is 11.9 Å². The molecular formula is C38H55N3O5. The molecular weight excluding hydrogens is 578 g/mol. The summed E-state index contributed by atoms with van der Waals surface area (Å²) in [4.78, 5) is 37.9. The summed E-state index contributed by atoms with van der Waals surface area (Å²) in [6.45, 7) is 11.1. The van der Waals surface area contributed by atoms with E-state index in [-0.39, 0.29) is 40.8 Å². The van der Waals surface area contributed by atoms with E-state index in [1.807, 2.05) is 12.1 Å². The number of nitrogens with zero attached hydrogens (tertiary/aromatic N) is 1. The molecule has 1 aromatic carbocycles. The van der Waals surface area contributed by atoms with E-state index in [0.717, 1.165) is 44.1 Å². The summed E-state index contributed by atoms with van der Waals surface area (Å²) in [6.07, 6.45) is 13.7. The number of rotatable bonds is 8. The number of carboxylic acid groups (broad SMARTS) is 2. The molecule has 8 heteroatoms. The number of nitrogens with two attached hydrogens (primary N) is 1. The van der Waals surface area contributed by atoms with Crippen molar-refractivity contribution in [1.29, 1.82) is 0 Å². The first-order chi connectivity index (χ1) is 21.8. The Morgan fingerprint density at radius 3 is 2.30 bits per heavy atom. The summed E-state index contributed by atoms with van der Waals surface area (Å²) < 4.78 is 0. The molecule has 5 aliphatic carbocycles. The lowest BCUT2D eigenvalue weighted by molar-refractivity contribution is -0.210. The second-order valence-corrected chi connectivity index (χ2v) is 16.3. The van der Waals surface area contributed by atoms with Crippen molar-refractivity contribution < 1.29 is 24.6 Å². The molecule has 6 rings (SSSR count). The summed E-state index contributed by atoms with van der Waals surface area (Å²) in [5, 5.41) is 22.2. The molecule has 9 atom stereocenters. The van der Waals surface area contributed by atoms with Crippen LogP contribution in [0.25, 0.3) is 5.57 Å². The number of carbonyl (C=O) groups excluding carboxylic acids is 1. The molecule has 0 bridgehead atoms. The van der Waals surface area contributed by atoms with Gasteiger partial charge in [0.25, 0.3) is 0 Å². The van der Waals surface area contributed by atoms with Crippen LogP contribution in [-0.4, -0.2) is 58.3 Å². The molecule has 46 heavy (non-hydrogen) atoms. The fourth-order valence-corrected chi connectivity index (χ4v) is 12.2. The van der Waals surface area contributed by atoms with Gasteiger partial charge in [0.2, 0.25) is 0 Å². The van der Waals surface area contributed by atoms with Gasteiger partial charge in [-0.25, -0.2) is 9.59 Å². The van der Waals surface area contributed by atoms with Crippen LogP contribution in [0.5, 0.6) is 0 Å². The van der Waals surface area contributed by atoms with Gasteiger partial charge in [0.05, 0.1) is 12.0 Å². The van der Waals surface area contributed by atoms with Gasteiger partial charge in [-0.3, -0.25) is 4.79 Å². The first-order valence-electron chi connectivity index (χ1n) is 17.8. The summed E-state index contributed by atoms with van der Waals surface area (Å²) >= 11 is 0. The molecule has 5 N–H and O–H groups in total. The van der Waals surface area contributed by atoms with E-state index in [9.17, 15) is 24.6 Å². The molecule has 8 nitrogen and oxygen atoms in total. The van der Waals surface area contributed by atoms with Gasteiger partial charge in [0.1, 0.15) is 0 Å². The van der Waals surface area contributed by atoms with Crippen LogP contribution >= 0.6 is 0 Å². The molecule has 8 unspecified atom stereocenters. The predicted octanol–water partition coefficient (Wildman–Crippen LogP) is 7.04. The lowest BCUT2D eigenvalue weighted by atomic mass is 9.34. The average Bonchev–Trinajstić information content (AvgIpc) is 3.43. The monoisotopic (exact) mass is 633 g/mol. The van der Waals surface area contributed by atoms with Crippen molar-refractivity contribution >= 4 is 23.5 Å². The fraction of sp³-hybridized carbons (Fsp3) is 0.711. The first kappa shape index (κ1) is 33.0. The third-order valence-corrected chi connectivity index (χ3v) is 14.7. The van der Waals surface area contributed by atoms with E-state index in [1.165, 1.54) is 31.3 Å². The van der Waals surface area contributed by atoms with Crippen LogP contribution in [0, 0.1) is 45.8 Å². The maximum atomic E-state index is 13.6. The van der Waals surface area contributed by atoms with Crippen LogP contribution in [0.3, 0.4) is 0 Å². The summed E-state index contributed by atoms with van der Waals surface area (Å²) in [6, 6.07) is 7.30. The summed E-state index contributed by atoms with van der Waals surface area (Å²) in [5.41, 5.74) is 9.11. The molecule has 1 aromatic rings. The van der Waals surface area contributed by atoms with Crippen molar-refractivity contribution in [3.63, 3.8) is 0 Å². The molecule has 0 aromatic heterocycles. The highest BCUT2D eigenvalue weighted by Gasteiger charge is 2.68. The molecule has 4 saturated carbocycles. The van der Waals surface area contributed by atoms with E-state index in [0.29, 0.717) is 48.2 Å². The summed E-state index contributed by atoms with van der Waals surface area (Å²) in [5.74, 6) is 0.875. The number of carbonyl (C=O) groups is 3. The predicted molar refractivity (Wildman–Crippen MR) is 179 cm³/mol. The van der Waals surface area contributed by atoms with Crippen molar-refractivity contribution in [1.82, 2.24) is 10.2 Å². The van der Waals surface area contributed by atoms with Gasteiger partial charge >= 0.3 is 18.0 Å². The third kappa shape index (κ3) is 5.09. The van der Waals surface area contributed by atoms with Gasteiger partial charge < -0.3 is 26.2 Å². The van der Waals surface area contributed by atoms with Crippen LogP contribution in [0.2, 0.25) is 0 Å². The molecule has 5 aliphatic rings. The van der Waals surface area contributed by atoms with Gasteiger partial charge in [0, 0.05) is 25.2 Å². The number of amides is 2. The Bertz CT molecular complexity index is 1390. The normalized spacial score (nSPS) is 39.6. The number of benzene rings is 1. The second-order valence-electron chi connectivity index (χ2n) is 16.3. The van der Waals surface area contributed by atoms with E-state index in [2.05, 4.69) is 39.1 Å². The number of fused-ring (bicyclic) bond motifs is 7. The first-order valence-corrected chi connectivity index (χ1v) is 17.8. The van der Waals surface area contributed by atoms with E-state index in [4.69, 9.17) is 5.73 Å². The van der Waals surface area contributed by atoms with Gasteiger partial charge in [-0.05, 0) is 127 Å². The lowest BCUT2D eigenvalue weighted by Gasteiger charge is -2.71. The standard InChI is InChI=1S/C38H55N3O5/c1-24-27(25-7-9-26(10-8-25)33(44)45)13-17-35(2)28(24)14-18-37(4)31(35)12-11-29-30-6-5-16-38(30,20-19-36(29,37)3)40-34(46)41(23-21-39)22-15-32(42)43/h7-10,13,24,28-31H,5-6,11-12,14-23,39H2,1-4H3,(H,40,46)(H,42,43)(H,44,45)/t24?,28?,29?,30?,31?,35?,36-,37?,38?/m1/s1. The largest absolute Gasteiger partial charge is 0.481 e. The van der Waals surface area contributed by atoms with Crippen LogP contribution < -0.4 is 11.1 Å². The maximum absolute atomic E-state index is 13.6.